The predicted octanol–water partition coefficient (Wildman–Crippen LogP) is -3.95. The molecule has 0 amide bonds. The van der Waals surface area contributed by atoms with Crippen molar-refractivity contribution in [1.29, 1.82) is 0 Å². The van der Waals surface area contributed by atoms with Crippen molar-refractivity contribution >= 4 is 23.9 Å². The molecule has 4 aliphatic heterocycles. The molecule has 0 spiro atoms. The second kappa shape index (κ2) is 20.6. The van der Waals surface area contributed by atoms with Gasteiger partial charge >= 0.3 is 23.9 Å². The van der Waals surface area contributed by atoms with Crippen LogP contribution in [0.15, 0.2) is 47.0 Å². The lowest BCUT2D eigenvalue weighted by Crippen LogP contribution is -2.60. The molecule has 2 fully saturated rings. The molecule has 57 heavy (non-hydrogen) atoms. The quantitative estimate of drug-likeness (QED) is 0.0471. The second-order valence-corrected chi connectivity index (χ2v) is 13.0. The first-order valence-corrected chi connectivity index (χ1v) is 17.5. The van der Waals surface area contributed by atoms with Crippen molar-refractivity contribution in [1.82, 2.24) is 0 Å². The molecule has 0 unspecified atom stereocenters. The van der Waals surface area contributed by atoms with Crippen molar-refractivity contribution in [3.05, 3.63) is 47.0 Å². The van der Waals surface area contributed by atoms with Crippen LogP contribution in [0, 0.1) is 11.8 Å². The fourth-order valence-electron chi connectivity index (χ4n) is 6.46. The van der Waals surface area contributed by atoms with Gasteiger partial charge in [-0.3, -0.25) is 9.59 Å². The maximum atomic E-state index is 13.4. The summed E-state index contributed by atoms with van der Waals surface area (Å²) in [6.07, 6.45) is -16.3. The van der Waals surface area contributed by atoms with Crippen LogP contribution in [0.3, 0.4) is 0 Å². The van der Waals surface area contributed by atoms with Gasteiger partial charge in [0.05, 0.1) is 71.1 Å². The summed E-state index contributed by atoms with van der Waals surface area (Å²) in [7, 11) is 3.27. The number of carbonyl (C=O) groups is 4. The maximum absolute atomic E-state index is 13.4. The van der Waals surface area contributed by atoms with Crippen LogP contribution >= 0.6 is 0 Å². The number of allylic oxidation sites excluding steroid dienone is 1. The van der Waals surface area contributed by atoms with Gasteiger partial charge in [-0.25, -0.2) is 9.59 Å². The summed E-state index contributed by atoms with van der Waals surface area (Å²) < 4.78 is 53.5. The van der Waals surface area contributed by atoms with Crippen molar-refractivity contribution in [2.45, 2.75) is 93.8 Å². The van der Waals surface area contributed by atoms with Crippen LogP contribution in [0.5, 0.6) is 0 Å². The number of esters is 4. The lowest BCUT2D eigenvalue weighted by molar-refractivity contribution is -0.328. The first-order chi connectivity index (χ1) is 27.1. The Bertz CT molecular complexity index is 1550. The highest BCUT2D eigenvalue weighted by Gasteiger charge is 2.49. The highest BCUT2D eigenvalue weighted by molar-refractivity contribution is 5.91. The Labute approximate surface area is 325 Å². The lowest BCUT2D eigenvalue weighted by atomic mass is 9.86. The molecule has 14 atom stereocenters. The molecule has 0 radical (unpaired) electrons. The molecule has 4 heterocycles. The Morgan fingerprint density at radius 1 is 0.632 bits per heavy atom. The van der Waals surface area contributed by atoms with E-state index in [9.17, 15) is 60.0 Å². The number of carbonyl (C=O) groups excluding carboxylic acids is 4. The monoisotopic (exact) mass is 820 g/mol. The molecule has 22 nitrogen and oxygen atoms in total. The fourth-order valence-corrected chi connectivity index (χ4v) is 6.46. The highest BCUT2D eigenvalue weighted by Crippen LogP contribution is 2.38. The van der Waals surface area contributed by atoms with Crippen LogP contribution in [-0.4, -0.2) is 180 Å². The van der Waals surface area contributed by atoms with Gasteiger partial charge in [0.1, 0.15) is 55.4 Å². The fraction of sp³-hybridized carbons (Fsp3) is 0.657. The molecule has 320 valence electrons. The number of hydrogen-bond donors (Lipinski definition) is 8. The van der Waals surface area contributed by atoms with Gasteiger partial charge < -0.3 is 88.2 Å². The van der Waals surface area contributed by atoms with Crippen molar-refractivity contribution in [2.24, 2.45) is 11.8 Å². The third kappa shape index (κ3) is 10.3. The van der Waals surface area contributed by atoms with E-state index in [0.717, 1.165) is 33.9 Å². The van der Waals surface area contributed by atoms with E-state index >= 15 is 0 Å². The van der Waals surface area contributed by atoms with Gasteiger partial charge in [-0.2, -0.15) is 0 Å². The zero-order valence-corrected chi connectivity index (χ0v) is 31.2. The van der Waals surface area contributed by atoms with E-state index in [2.05, 4.69) is 0 Å². The second-order valence-electron chi connectivity index (χ2n) is 13.0. The number of rotatable bonds is 14. The molecule has 0 bridgehead atoms. The van der Waals surface area contributed by atoms with Gasteiger partial charge in [-0.05, 0) is 13.0 Å². The summed E-state index contributed by atoms with van der Waals surface area (Å²) in [6, 6.07) is 0. The van der Waals surface area contributed by atoms with Crippen molar-refractivity contribution in [2.75, 3.05) is 41.2 Å². The summed E-state index contributed by atoms with van der Waals surface area (Å²) in [6.45, 7) is -0.575. The van der Waals surface area contributed by atoms with Gasteiger partial charge in [0.15, 0.2) is 12.6 Å². The molecule has 0 saturated carbocycles. The van der Waals surface area contributed by atoms with E-state index in [1.165, 1.54) is 19.1 Å². The van der Waals surface area contributed by atoms with Crippen molar-refractivity contribution in [3.63, 3.8) is 0 Å². The van der Waals surface area contributed by atoms with Gasteiger partial charge in [-0.15, -0.1) is 0 Å². The normalized spacial score (nSPS) is 36.9. The summed E-state index contributed by atoms with van der Waals surface area (Å²) in [5, 5.41) is 81.1. The number of ether oxygens (including phenoxy) is 10. The molecule has 0 aliphatic carbocycles. The lowest BCUT2D eigenvalue weighted by Gasteiger charge is -2.42. The van der Waals surface area contributed by atoms with E-state index in [4.69, 9.17) is 47.4 Å². The molecule has 0 aromatic carbocycles. The highest BCUT2D eigenvalue weighted by atomic mass is 16.8. The first-order valence-electron chi connectivity index (χ1n) is 17.5. The van der Waals surface area contributed by atoms with Crippen LogP contribution in [-0.2, 0) is 66.5 Å². The maximum Gasteiger partial charge on any atom is 0.337 e. The molecule has 22 heteroatoms. The van der Waals surface area contributed by atoms with E-state index in [1.54, 1.807) is 0 Å². The summed E-state index contributed by atoms with van der Waals surface area (Å²) >= 11 is 0. The first kappa shape index (κ1) is 45.7. The van der Waals surface area contributed by atoms with Gasteiger partial charge in [0, 0.05) is 23.0 Å². The minimum atomic E-state index is -1.87. The summed E-state index contributed by atoms with van der Waals surface area (Å²) in [5.41, 5.74) is -0.233. The van der Waals surface area contributed by atoms with Gasteiger partial charge in [0.25, 0.3) is 0 Å². The van der Waals surface area contributed by atoms with Crippen LogP contribution in [0.2, 0.25) is 0 Å². The Balaban J connectivity index is 1.59. The number of hydrogen-bond acceptors (Lipinski definition) is 22. The summed E-state index contributed by atoms with van der Waals surface area (Å²) in [4.78, 5) is 51.5. The third-order valence-electron chi connectivity index (χ3n) is 9.66. The molecule has 4 rings (SSSR count). The molecular formula is C35H48O22. The predicted molar refractivity (Wildman–Crippen MR) is 181 cm³/mol. The largest absolute Gasteiger partial charge is 0.469 e. The van der Waals surface area contributed by atoms with Crippen LogP contribution in [0.25, 0.3) is 0 Å². The minimum absolute atomic E-state index is 0.0450. The average molecular weight is 821 g/mol. The van der Waals surface area contributed by atoms with E-state index in [0.29, 0.717) is 0 Å². The molecule has 2 saturated heterocycles. The number of methoxy groups -OCH3 is 3. The minimum Gasteiger partial charge on any atom is -0.469 e. The Morgan fingerprint density at radius 2 is 1.07 bits per heavy atom. The Kier molecular flexibility index (Phi) is 16.5. The van der Waals surface area contributed by atoms with E-state index in [-0.39, 0.29) is 22.3 Å². The van der Waals surface area contributed by atoms with Crippen LogP contribution in [0.1, 0.15) is 19.8 Å². The van der Waals surface area contributed by atoms with Crippen LogP contribution in [0.4, 0.5) is 0 Å². The molecule has 0 aromatic rings. The molecule has 8 N–H and O–H groups in total. The average Bonchev–Trinajstić information content (AvgIpc) is 3.21. The zero-order valence-electron chi connectivity index (χ0n) is 31.2. The van der Waals surface area contributed by atoms with Gasteiger partial charge in [-0.1, -0.05) is 6.08 Å². The Hall–Kier alpha value is -4.04. The molecule has 4 aliphatic rings. The van der Waals surface area contributed by atoms with Crippen molar-refractivity contribution < 1.29 is 107 Å². The molecular weight excluding hydrogens is 772 g/mol. The smallest absolute Gasteiger partial charge is 0.337 e. The third-order valence-corrected chi connectivity index (χ3v) is 9.66. The van der Waals surface area contributed by atoms with Gasteiger partial charge in [0.2, 0.25) is 12.6 Å². The standard InChI is InChI=1S/C35H48O22/c1-5-14-16(18(30(46)49-3)12-52-32(14)56-34-28(44)26(42)24(40)20(10-36)54-34)9-23(39)51-7-6-15-17(8-22(38)48-2)19(31(47)50-4)13-53-33(15)57-35-29(45)27(43)25(41)21(11-37)55-35/h5-6,12-13,16-17,20-21,24-29,32-37,40-45H,7-11H2,1-4H3/b14-5+,15-6+/t16-,17+,20-,21+,24-,25+,26+,27-,28+,29-,32+,33+,34+,35+/m1/s1. The molecule has 0 aromatic heterocycles. The number of aliphatic hydroxyl groups is 8. The number of aliphatic hydroxyl groups excluding tert-OH is 8. The van der Waals surface area contributed by atoms with E-state index in [1.807, 2.05) is 0 Å². The van der Waals surface area contributed by atoms with E-state index < -0.39 is 142 Å². The zero-order chi connectivity index (χ0) is 42.1. The topological polar surface area (TPSA) is 322 Å². The SMILES string of the molecule is C/C=C1/[C@H](O[C@@H]2O[C@H](CO)[C@@H](O)[C@H](O)[C@@H]2O)OC=C(C(=O)OC)[C@@H]1CC(=O)OC/C=C1/[C@H](O[C@@H]2O[C@@H](CO)[C@H](O)[C@@H](O)[C@H]2O)OC=C(C(=O)OC)[C@H]1CC(=O)OC. The summed E-state index contributed by atoms with van der Waals surface area (Å²) in [5.74, 6) is -5.87. The Morgan fingerprint density at radius 3 is 1.49 bits per heavy atom. The van der Waals surface area contributed by atoms with Crippen molar-refractivity contribution in [3.8, 4) is 0 Å². The van der Waals surface area contributed by atoms with Crippen LogP contribution < -0.4 is 0 Å².